The number of fused-ring (bicyclic) bond motifs is 1. The molecule has 18 heavy (non-hydrogen) atoms. The van der Waals surface area contributed by atoms with E-state index in [4.69, 9.17) is 0 Å². The fourth-order valence-electron chi connectivity index (χ4n) is 1.57. The summed E-state index contributed by atoms with van der Waals surface area (Å²) in [4.78, 5) is 12.1. The minimum atomic E-state index is -0.0473. The van der Waals surface area contributed by atoms with Crippen molar-refractivity contribution in [2.24, 2.45) is 5.41 Å². The highest BCUT2D eigenvalue weighted by atomic mass is 16.1. The van der Waals surface area contributed by atoms with Crippen molar-refractivity contribution in [3.63, 3.8) is 0 Å². The summed E-state index contributed by atoms with van der Waals surface area (Å²) in [5.41, 5.74) is 1.59. The second-order valence-electron chi connectivity index (χ2n) is 5.73. The van der Waals surface area contributed by atoms with E-state index in [0.717, 1.165) is 10.9 Å². The van der Waals surface area contributed by atoms with Gasteiger partial charge in [0.2, 0.25) is 0 Å². The third-order valence-electron chi connectivity index (χ3n) is 3.35. The Morgan fingerprint density at radius 2 is 2.11 bits per heavy atom. The Labute approximate surface area is 107 Å². The molecule has 1 aromatic heterocycles. The molecule has 4 heteroatoms. The maximum atomic E-state index is 12.1. The van der Waals surface area contributed by atoms with Crippen LogP contribution in [-0.4, -0.2) is 22.1 Å². The average molecular weight is 245 g/mol. The highest BCUT2D eigenvalue weighted by Gasteiger charge is 2.22. The molecule has 0 radical (unpaired) electrons. The van der Waals surface area contributed by atoms with E-state index in [9.17, 15) is 4.79 Å². The van der Waals surface area contributed by atoms with Gasteiger partial charge in [-0.1, -0.05) is 26.8 Å². The molecule has 4 nitrogen and oxygen atoms in total. The summed E-state index contributed by atoms with van der Waals surface area (Å²) in [6.45, 7) is 8.34. The zero-order valence-corrected chi connectivity index (χ0v) is 11.2. The zero-order valence-electron chi connectivity index (χ0n) is 11.2. The van der Waals surface area contributed by atoms with Crippen LogP contribution in [0.5, 0.6) is 0 Å². The van der Waals surface area contributed by atoms with Gasteiger partial charge in [-0.05, 0) is 24.5 Å². The van der Waals surface area contributed by atoms with Gasteiger partial charge in [-0.25, -0.2) is 0 Å². The maximum Gasteiger partial charge on any atom is 0.251 e. The standard InChI is InChI=1S/C14H19N3O/c1-9(14(2,3)4)16-13(18)10-5-6-11-8-15-17-12(11)7-10/h5-9H,1-4H3,(H,15,17)(H,16,18). The summed E-state index contributed by atoms with van der Waals surface area (Å²) in [7, 11) is 0. The lowest BCUT2D eigenvalue weighted by atomic mass is 9.88. The lowest BCUT2D eigenvalue weighted by Crippen LogP contribution is -2.41. The Balaban J connectivity index is 2.18. The SMILES string of the molecule is CC(NC(=O)c1ccc2cn[nH]c2c1)C(C)(C)C. The first-order valence-corrected chi connectivity index (χ1v) is 6.12. The zero-order chi connectivity index (χ0) is 13.3. The van der Waals surface area contributed by atoms with E-state index in [1.54, 1.807) is 6.20 Å². The predicted molar refractivity (Wildman–Crippen MR) is 72.5 cm³/mol. The molecule has 0 saturated heterocycles. The largest absolute Gasteiger partial charge is 0.349 e. The molecule has 1 heterocycles. The first-order chi connectivity index (χ1) is 8.38. The van der Waals surface area contributed by atoms with Crippen LogP contribution in [0.3, 0.4) is 0 Å². The number of carbonyl (C=O) groups is 1. The number of nitrogens with zero attached hydrogens (tertiary/aromatic N) is 1. The molecule has 1 unspecified atom stereocenters. The fraction of sp³-hybridized carbons (Fsp3) is 0.429. The van der Waals surface area contributed by atoms with E-state index in [-0.39, 0.29) is 17.4 Å². The molecule has 0 aliphatic heterocycles. The van der Waals surface area contributed by atoms with Gasteiger partial charge in [-0.3, -0.25) is 9.89 Å². The van der Waals surface area contributed by atoms with E-state index in [1.165, 1.54) is 0 Å². The molecule has 0 bridgehead atoms. The molecular weight excluding hydrogens is 226 g/mol. The van der Waals surface area contributed by atoms with E-state index < -0.39 is 0 Å². The van der Waals surface area contributed by atoms with Crippen LogP contribution < -0.4 is 5.32 Å². The van der Waals surface area contributed by atoms with E-state index in [0.29, 0.717) is 5.56 Å². The molecule has 0 aliphatic rings. The number of nitrogens with one attached hydrogen (secondary N) is 2. The molecule has 1 aromatic carbocycles. The number of H-pyrrole nitrogens is 1. The van der Waals surface area contributed by atoms with Gasteiger partial charge in [0.05, 0.1) is 11.7 Å². The average Bonchev–Trinajstić information content (AvgIpc) is 2.74. The van der Waals surface area contributed by atoms with Crippen LogP contribution in [0.2, 0.25) is 0 Å². The van der Waals surface area contributed by atoms with Crippen molar-refractivity contribution in [1.29, 1.82) is 0 Å². The topological polar surface area (TPSA) is 57.8 Å². The Bertz CT molecular complexity index is 566. The van der Waals surface area contributed by atoms with Crippen LogP contribution in [0, 0.1) is 5.41 Å². The lowest BCUT2D eigenvalue weighted by molar-refractivity contribution is 0.0910. The van der Waals surface area contributed by atoms with Gasteiger partial charge in [0.1, 0.15) is 0 Å². The monoisotopic (exact) mass is 245 g/mol. The molecule has 2 rings (SSSR count). The Hall–Kier alpha value is -1.84. The Morgan fingerprint density at radius 1 is 1.39 bits per heavy atom. The highest BCUT2D eigenvalue weighted by molar-refractivity contribution is 5.97. The molecule has 1 atom stereocenters. The molecule has 0 fully saturated rings. The summed E-state index contributed by atoms with van der Waals surface area (Å²) in [6.07, 6.45) is 1.74. The van der Waals surface area contributed by atoms with Crippen molar-refractivity contribution >= 4 is 16.8 Å². The van der Waals surface area contributed by atoms with E-state index in [2.05, 4.69) is 36.3 Å². The van der Waals surface area contributed by atoms with Gasteiger partial charge in [0.25, 0.3) is 5.91 Å². The van der Waals surface area contributed by atoms with Crippen LogP contribution in [0.4, 0.5) is 0 Å². The number of carbonyl (C=O) groups excluding carboxylic acids is 1. The minimum absolute atomic E-state index is 0.0473. The fourth-order valence-corrected chi connectivity index (χ4v) is 1.57. The molecule has 96 valence electrons. The normalized spacial score (nSPS) is 13.6. The van der Waals surface area contributed by atoms with Crippen molar-refractivity contribution < 1.29 is 4.79 Å². The first kappa shape index (κ1) is 12.6. The molecule has 2 N–H and O–H groups in total. The van der Waals surface area contributed by atoms with Crippen LogP contribution >= 0.6 is 0 Å². The summed E-state index contributed by atoms with van der Waals surface area (Å²) in [6, 6.07) is 5.66. The lowest BCUT2D eigenvalue weighted by Gasteiger charge is -2.28. The van der Waals surface area contributed by atoms with Crippen molar-refractivity contribution in [1.82, 2.24) is 15.5 Å². The number of hydrogen-bond donors (Lipinski definition) is 2. The number of aromatic nitrogens is 2. The summed E-state index contributed by atoms with van der Waals surface area (Å²) in [5, 5.41) is 10.8. The van der Waals surface area contributed by atoms with Crippen LogP contribution in [0.15, 0.2) is 24.4 Å². The second kappa shape index (κ2) is 4.44. The predicted octanol–water partition coefficient (Wildman–Crippen LogP) is 2.73. The number of rotatable bonds is 2. The number of amides is 1. The molecular formula is C14H19N3O. The van der Waals surface area contributed by atoms with Gasteiger partial charge in [-0.15, -0.1) is 0 Å². The number of hydrogen-bond acceptors (Lipinski definition) is 2. The number of aromatic amines is 1. The first-order valence-electron chi connectivity index (χ1n) is 6.12. The van der Waals surface area contributed by atoms with Crippen molar-refractivity contribution in [2.45, 2.75) is 33.7 Å². The third kappa shape index (κ3) is 2.53. The van der Waals surface area contributed by atoms with Gasteiger partial charge in [-0.2, -0.15) is 5.10 Å². The smallest absolute Gasteiger partial charge is 0.251 e. The van der Waals surface area contributed by atoms with E-state index in [1.807, 2.05) is 25.1 Å². The van der Waals surface area contributed by atoms with Crippen molar-refractivity contribution in [2.75, 3.05) is 0 Å². The van der Waals surface area contributed by atoms with Crippen molar-refractivity contribution in [3.05, 3.63) is 30.0 Å². The molecule has 1 amide bonds. The quantitative estimate of drug-likeness (QED) is 0.854. The molecule has 0 saturated carbocycles. The van der Waals surface area contributed by atoms with Crippen LogP contribution in [-0.2, 0) is 0 Å². The molecule has 0 aliphatic carbocycles. The Kier molecular flexibility index (Phi) is 3.11. The summed E-state index contributed by atoms with van der Waals surface area (Å²) < 4.78 is 0. The van der Waals surface area contributed by atoms with Gasteiger partial charge in [0.15, 0.2) is 0 Å². The Morgan fingerprint density at radius 3 is 2.78 bits per heavy atom. The van der Waals surface area contributed by atoms with Crippen LogP contribution in [0.25, 0.3) is 10.9 Å². The molecule has 0 spiro atoms. The summed E-state index contributed by atoms with van der Waals surface area (Å²) >= 11 is 0. The van der Waals surface area contributed by atoms with Crippen molar-refractivity contribution in [3.8, 4) is 0 Å². The van der Waals surface area contributed by atoms with E-state index >= 15 is 0 Å². The minimum Gasteiger partial charge on any atom is -0.349 e. The van der Waals surface area contributed by atoms with Gasteiger partial charge in [0, 0.05) is 17.0 Å². The third-order valence-corrected chi connectivity index (χ3v) is 3.35. The van der Waals surface area contributed by atoms with Gasteiger partial charge < -0.3 is 5.32 Å². The highest BCUT2D eigenvalue weighted by Crippen LogP contribution is 2.19. The maximum absolute atomic E-state index is 12.1. The van der Waals surface area contributed by atoms with Gasteiger partial charge >= 0.3 is 0 Å². The second-order valence-corrected chi connectivity index (χ2v) is 5.73. The number of benzene rings is 1. The summed E-state index contributed by atoms with van der Waals surface area (Å²) in [5.74, 6) is -0.0473. The van der Waals surface area contributed by atoms with Crippen LogP contribution in [0.1, 0.15) is 38.1 Å². The molecule has 2 aromatic rings.